The standard InChI is InChI=1S/C11H6Cl4OS/c12-5-1-2-8(13)6(3-5)10(16)7-4-9(14)17-11(7)15/h1-4,10,16H. The fourth-order valence-corrected chi connectivity index (χ4v) is 3.35. The summed E-state index contributed by atoms with van der Waals surface area (Å²) >= 11 is 24.9. The molecule has 1 nitrogen and oxygen atoms in total. The highest BCUT2D eigenvalue weighted by molar-refractivity contribution is 7.20. The molecule has 17 heavy (non-hydrogen) atoms. The fraction of sp³-hybridized carbons (Fsp3) is 0.0909. The maximum atomic E-state index is 10.2. The van der Waals surface area contributed by atoms with E-state index in [2.05, 4.69) is 0 Å². The molecule has 0 aliphatic rings. The van der Waals surface area contributed by atoms with E-state index >= 15 is 0 Å². The number of aliphatic hydroxyl groups excluding tert-OH is 1. The van der Waals surface area contributed by atoms with Crippen molar-refractivity contribution in [1.29, 1.82) is 0 Å². The molecule has 1 aromatic heterocycles. The van der Waals surface area contributed by atoms with Crippen molar-refractivity contribution in [3.63, 3.8) is 0 Å². The molecule has 1 atom stereocenters. The van der Waals surface area contributed by atoms with Crippen LogP contribution < -0.4 is 0 Å². The highest BCUT2D eigenvalue weighted by Gasteiger charge is 2.19. The maximum absolute atomic E-state index is 10.2. The Bertz CT molecular complexity index is 552. The Morgan fingerprint density at radius 1 is 1.00 bits per heavy atom. The van der Waals surface area contributed by atoms with Gasteiger partial charge in [0.15, 0.2) is 0 Å². The molecule has 1 aromatic carbocycles. The van der Waals surface area contributed by atoms with E-state index < -0.39 is 6.10 Å². The van der Waals surface area contributed by atoms with Crippen LogP contribution in [0.2, 0.25) is 18.7 Å². The molecule has 0 aliphatic carbocycles. The van der Waals surface area contributed by atoms with Crippen LogP contribution in [0.25, 0.3) is 0 Å². The number of halogens is 4. The molecule has 90 valence electrons. The lowest BCUT2D eigenvalue weighted by Crippen LogP contribution is -1.99. The lowest BCUT2D eigenvalue weighted by atomic mass is 10.0. The highest BCUT2D eigenvalue weighted by atomic mass is 35.5. The van der Waals surface area contributed by atoms with Crippen LogP contribution in [0.3, 0.4) is 0 Å². The van der Waals surface area contributed by atoms with E-state index in [1.807, 2.05) is 0 Å². The third-order valence-electron chi connectivity index (χ3n) is 2.23. The molecule has 0 fully saturated rings. The number of thiophene rings is 1. The van der Waals surface area contributed by atoms with Crippen LogP contribution in [-0.2, 0) is 0 Å². The zero-order valence-electron chi connectivity index (χ0n) is 8.25. The second-order valence-corrected chi connectivity index (χ2v) is 6.48. The van der Waals surface area contributed by atoms with Crippen molar-refractivity contribution in [1.82, 2.24) is 0 Å². The quantitative estimate of drug-likeness (QED) is 0.778. The van der Waals surface area contributed by atoms with Gasteiger partial charge in [-0.05, 0) is 24.3 Å². The molecular weight excluding hydrogens is 322 g/mol. The second-order valence-electron chi connectivity index (χ2n) is 3.35. The number of rotatable bonds is 2. The molecule has 0 saturated heterocycles. The summed E-state index contributed by atoms with van der Waals surface area (Å²) in [6.07, 6.45) is -0.933. The Morgan fingerprint density at radius 2 is 1.71 bits per heavy atom. The lowest BCUT2D eigenvalue weighted by molar-refractivity contribution is 0.221. The third kappa shape index (κ3) is 2.90. The van der Waals surface area contributed by atoms with Gasteiger partial charge < -0.3 is 5.11 Å². The average molecular weight is 328 g/mol. The van der Waals surface area contributed by atoms with Crippen LogP contribution in [0.1, 0.15) is 17.2 Å². The smallest absolute Gasteiger partial charge is 0.108 e. The van der Waals surface area contributed by atoms with Gasteiger partial charge in [-0.3, -0.25) is 0 Å². The van der Waals surface area contributed by atoms with Gasteiger partial charge in [0.25, 0.3) is 0 Å². The molecule has 0 bridgehead atoms. The van der Waals surface area contributed by atoms with Gasteiger partial charge in [-0.1, -0.05) is 46.4 Å². The minimum Gasteiger partial charge on any atom is -0.384 e. The van der Waals surface area contributed by atoms with Gasteiger partial charge in [-0.25, -0.2) is 0 Å². The van der Waals surface area contributed by atoms with Crippen LogP contribution in [-0.4, -0.2) is 5.11 Å². The Kier molecular flexibility index (Phi) is 4.24. The molecule has 6 heteroatoms. The summed E-state index contributed by atoms with van der Waals surface area (Å²) in [6, 6.07) is 6.51. The maximum Gasteiger partial charge on any atom is 0.108 e. The molecule has 1 heterocycles. The number of hydrogen-bond acceptors (Lipinski definition) is 2. The molecule has 2 rings (SSSR count). The van der Waals surface area contributed by atoms with Crippen molar-refractivity contribution in [3.8, 4) is 0 Å². The van der Waals surface area contributed by atoms with E-state index in [0.29, 0.717) is 29.8 Å². The molecular formula is C11H6Cl4OS. The van der Waals surface area contributed by atoms with Crippen LogP contribution in [0.5, 0.6) is 0 Å². The first-order chi connectivity index (χ1) is 7.99. The van der Waals surface area contributed by atoms with Crippen LogP contribution in [0, 0.1) is 0 Å². The third-order valence-corrected chi connectivity index (χ3v) is 4.33. The minimum absolute atomic E-state index is 0.431. The highest BCUT2D eigenvalue weighted by Crippen LogP contribution is 2.39. The van der Waals surface area contributed by atoms with E-state index in [-0.39, 0.29) is 0 Å². The van der Waals surface area contributed by atoms with Crippen molar-refractivity contribution in [3.05, 3.63) is 54.1 Å². The Morgan fingerprint density at radius 3 is 2.29 bits per heavy atom. The zero-order valence-corrected chi connectivity index (χ0v) is 12.1. The largest absolute Gasteiger partial charge is 0.384 e. The predicted molar refractivity (Wildman–Crippen MR) is 74.9 cm³/mol. The first kappa shape index (κ1) is 13.5. The van der Waals surface area contributed by atoms with Gasteiger partial charge in [-0.15, -0.1) is 11.3 Å². The van der Waals surface area contributed by atoms with Crippen LogP contribution in [0.15, 0.2) is 24.3 Å². The molecule has 2 aromatic rings. The number of aliphatic hydroxyl groups is 1. The van der Waals surface area contributed by atoms with Crippen LogP contribution >= 0.6 is 57.7 Å². The van der Waals surface area contributed by atoms with Gasteiger partial charge in [0, 0.05) is 21.2 Å². The number of hydrogen-bond donors (Lipinski definition) is 1. The Balaban J connectivity index is 2.46. The van der Waals surface area contributed by atoms with Crippen molar-refractivity contribution >= 4 is 57.7 Å². The summed E-state index contributed by atoms with van der Waals surface area (Å²) in [6.45, 7) is 0. The fourth-order valence-electron chi connectivity index (χ4n) is 1.43. The molecule has 0 saturated carbocycles. The SMILES string of the molecule is OC(c1cc(Cl)ccc1Cl)c1cc(Cl)sc1Cl. The van der Waals surface area contributed by atoms with Crippen molar-refractivity contribution in [2.24, 2.45) is 0 Å². The monoisotopic (exact) mass is 326 g/mol. The van der Waals surface area contributed by atoms with Crippen LogP contribution in [0.4, 0.5) is 0 Å². The average Bonchev–Trinajstić information content (AvgIpc) is 2.60. The van der Waals surface area contributed by atoms with E-state index in [1.54, 1.807) is 24.3 Å². The van der Waals surface area contributed by atoms with Crippen molar-refractivity contribution in [2.45, 2.75) is 6.10 Å². The van der Waals surface area contributed by atoms with Crippen molar-refractivity contribution in [2.75, 3.05) is 0 Å². The molecule has 1 N–H and O–H groups in total. The lowest BCUT2D eigenvalue weighted by Gasteiger charge is -2.12. The van der Waals surface area contributed by atoms with Gasteiger partial charge in [-0.2, -0.15) is 0 Å². The summed E-state index contributed by atoms with van der Waals surface area (Å²) < 4.78 is 0.959. The summed E-state index contributed by atoms with van der Waals surface area (Å²) in [7, 11) is 0. The molecule has 0 radical (unpaired) electrons. The van der Waals surface area contributed by atoms with Crippen molar-refractivity contribution < 1.29 is 5.11 Å². The van der Waals surface area contributed by atoms with Gasteiger partial charge in [0.1, 0.15) is 10.4 Å². The predicted octanol–water partition coefficient (Wildman–Crippen LogP) is 5.44. The number of benzene rings is 1. The Labute approximate surface area is 123 Å². The normalized spacial score (nSPS) is 12.8. The summed E-state index contributed by atoms with van der Waals surface area (Å²) in [5.41, 5.74) is 1.04. The van der Waals surface area contributed by atoms with Gasteiger partial charge >= 0.3 is 0 Å². The topological polar surface area (TPSA) is 20.2 Å². The van der Waals surface area contributed by atoms with Gasteiger partial charge in [0.05, 0.1) is 4.34 Å². The Hall–Kier alpha value is 0.0400. The first-order valence-electron chi connectivity index (χ1n) is 4.57. The molecule has 0 amide bonds. The van der Waals surface area contributed by atoms with E-state index in [9.17, 15) is 5.11 Å². The van der Waals surface area contributed by atoms with E-state index in [4.69, 9.17) is 46.4 Å². The summed E-state index contributed by atoms with van der Waals surface area (Å²) in [5.74, 6) is 0. The molecule has 0 aliphatic heterocycles. The van der Waals surface area contributed by atoms with E-state index in [0.717, 1.165) is 0 Å². The summed E-state index contributed by atoms with van der Waals surface area (Å²) in [4.78, 5) is 0. The van der Waals surface area contributed by atoms with E-state index in [1.165, 1.54) is 11.3 Å². The van der Waals surface area contributed by atoms with Gasteiger partial charge in [0.2, 0.25) is 0 Å². The first-order valence-corrected chi connectivity index (χ1v) is 6.89. The second kappa shape index (κ2) is 5.35. The molecule has 1 unspecified atom stereocenters. The minimum atomic E-state index is -0.933. The zero-order chi connectivity index (χ0) is 12.6. The summed E-state index contributed by atoms with van der Waals surface area (Å²) in [5, 5.41) is 11.1. The molecule has 0 spiro atoms.